The molecule has 2 fully saturated rings. The summed E-state index contributed by atoms with van der Waals surface area (Å²) in [6.07, 6.45) is 9.03. The maximum atomic E-state index is 13.0. The van der Waals surface area contributed by atoms with Gasteiger partial charge in [-0.3, -0.25) is 4.79 Å². The van der Waals surface area contributed by atoms with E-state index in [0.717, 1.165) is 24.5 Å². The van der Waals surface area contributed by atoms with Crippen molar-refractivity contribution in [3.8, 4) is 0 Å². The summed E-state index contributed by atoms with van der Waals surface area (Å²) in [7, 11) is 0. The molecule has 3 heterocycles. The number of pyridine rings is 2. The van der Waals surface area contributed by atoms with E-state index in [1.165, 1.54) is 38.5 Å². The molecule has 2 aromatic heterocycles. The van der Waals surface area contributed by atoms with Gasteiger partial charge in [0.15, 0.2) is 0 Å². The van der Waals surface area contributed by atoms with Crippen molar-refractivity contribution in [2.24, 2.45) is 0 Å². The Balaban J connectivity index is 1.62. The number of nitrogen functional groups attached to an aromatic ring is 1. The number of ketones is 1. The van der Waals surface area contributed by atoms with Crippen LogP contribution in [0.3, 0.4) is 0 Å². The number of nitrogens with two attached hydrogens (primary N) is 1. The van der Waals surface area contributed by atoms with Crippen molar-refractivity contribution < 1.29 is 4.79 Å². The molecule has 0 amide bonds. The molecule has 1 aliphatic heterocycles. The first kappa shape index (κ1) is 16.1. The summed E-state index contributed by atoms with van der Waals surface area (Å²) in [4.78, 5) is 24.1. The smallest absolute Gasteiger partial charge is 0.215 e. The predicted octanol–water partition coefficient (Wildman–Crippen LogP) is 3.55. The van der Waals surface area contributed by atoms with E-state index >= 15 is 0 Å². The zero-order chi connectivity index (χ0) is 17.2. The summed E-state index contributed by atoms with van der Waals surface area (Å²) in [5.74, 6) is 1.58. The van der Waals surface area contributed by atoms with Crippen LogP contribution in [0.5, 0.6) is 0 Å². The molecule has 4 rings (SSSR count). The van der Waals surface area contributed by atoms with Crippen molar-refractivity contribution in [1.82, 2.24) is 9.97 Å². The van der Waals surface area contributed by atoms with E-state index in [0.29, 0.717) is 17.2 Å². The quantitative estimate of drug-likeness (QED) is 0.865. The standard InChI is InChI=1S/C20H24N4O/c21-20-16(12-15(13-22-20)14-8-9-14)19(25)17-6-5-7-18(23-17)24-10-3-1-2-4-11-24/h5-7,12-14H,1-4,8-11H2,(H2,21,22). The first-order valence-electron chi connectivity index (χ1n) is 9.24. The van der Waals surface area contributed by atoms with E-state index in [-0.39, 0.29) is 11.6 Å². The number of hydrogen-bond donors (Lipinski definition) is 1. The van der Waals surface area contributed by atoms with Crippen LogP contribution >= 0.6 is 0 Å². The van der Waals surface area contributed by atoms with E-state index in [1.54, 1.807) is 12.3 Å². The number of hydrogen-bond acceptors (Lipinski definition) is 5. The SMILES string of the molecule is Nc1ncc(C2CC2)cc1C(=O)c1cccc(N2CCCCCC2)n1. The molecule has 5 nitrogen and oxygen atoms in total. The fraction of sp³-hybridized carbons (Fsp3) is 0.450. The summed E-state index contributed by atoms with van der Waals surface area (Å²) in [6, 6.07) is 7.58. The number of rotatable bonds is 4. The highest BCUT2D eigenvalue weighted by Gasteiger charge is 2.26. The fourth-order valence-corrected chi connectivity index (χ4v) is 3.48. The van der Waals surface area contributed by atoms with Crippen molar-refractivity contribution in [2.45, 2.75) is 44.4 Å². The van der Waals surface area contributed by atoms with Crippen molar-refractivity contribution in [3.63, 3.8) is 0 Å². The highest BCUT2D eigenvalue weighted by atomic mass is 16.1. The Morgan fingerprint density at radius 3 is 2.60 bits per heavy atom. The third-order valence-electron chi connectivity index (χ3n) is 5.13. The first-order chi connectivity index (χ1) is 12.2. The van der Waals surface area contributed by atoms with Gasteiger partial charge in [0.05, 0.1) is 5.56 Å². The normalized spacial score (nSPS) is 18.0. The van der Waals surface area contributed by atoms with E-state index in [4.69, 9.17) is 5.73 Å². The molecule has 2 N–H and O–H groups in total. The minimum atomic E-state index is -0.135. The molecule has 1 saturated carbocycles. The van der Waals surface area contributed by atoms with E-state index in [2.05, 4.69) is 14.9 Å². The molecular formula is C20H24N4O. The summed E-state index contributed by atoms with van der Waals surface area (Å²) >= 11 is 0. The largest absolute Gasteiger partial charge is 0.383 e. The fourth-order valence-electron chi connectivity index (χ4n) is 3.48. The van der Waals surface area contributed by atoms with Gasteiger partial charge in [-0.15, -0.1) is 0 Å². The third kappa shape index (κ3) is 3.50. The van der Waals surface area contributed by atoms with E-state index in [1.807, 2.05) is 18.2 Å². The summed E-state index contributed by atoms with van der Waals surface area (Å²) in [5.41, 5.74) is 8.02. The van der Waals surface area contributed by atoms with Gasteiger partial charge in [-0.25, -0.2) is 9.97 Å². The van der Waals surface area contributed by atoms with Gasteiger partial charge in [0.1, 0.15) is 17.3 Å². The third-order valence-corrected chi connectivity index (χ3v) is 5.13. The topological polar surface area (TPSA) is 72.1 Å². The molecule has 0 atom stereocenters. The zero-order valence-corrected chi connectivity index (χ0v) is 14.4. The second-order valence-electron chi connectivity index (χ2n) is 7.09. The highest BCUT2D eigenvalue weighted by molar-refractivity contribution is 6.10. The lowest BCUT2D eigenvalue weighted by molar-refractivity contribution is 0.103. The Bertz CT molecular complexity index is 777. The molecule has 0 aromatic carbocycles. The molecule has 0 radical (unpaired) electrons. The Hall–Kier alpha value is -2.43. The number of nitrogens with zero attached hydrogens (tertiary/aromatic N) is 3. The minimum absolute atomic E-state index is 0.135. The molecular weight excluding hydrogens is 312 g/mol. The summed E-state index contributed by atoms with van der Waals surface area (Å²) < 4.78 is 0. The van der Waals surface area contributed by atoms with Crippen LogP contribution in [0.1, 0.15) is 66.1 Å². The maximum Gasteiger partial charge on any atom is 0.215 e. The lowest BCUT2D eigenvalue weighted by atomic mass is 10.0. The molecule has 1 aliphatic carbocycles. The highest BCUT2D eigenvalue weighted by Crippen LogP contribution is 2.40. The molecule has 25 heavy (non-hydrogen) atoms. The molecule has 0 bridgehead atoms. The first-order valence-corrected chi connectivity index (χ1v) is 9.24. The van der Waals surface area contributed by atoms with Crippen molar-refractivity contribution in [2.75, 3.05) is 23.7 Å². The van der Waals surface area contributed by atoms with Crippen LogP contribution in [-0.2, 0) is 0 Å². The molecule has 130 valence electrons. The Kier molecular flexibility index (Phi) is 4.38. The van der Waals surface area contributed by atoms with E-state index in [9.17, 15) is 4.79 Å². The van der Waals surface area contributed by atoms with Gasteiger partial charge in [-0.05, 0) is 55.4 Å². The van der Waals surface area contributed by atoms with Crippen molar-refractivity contribution in [3.05, 3.63) is 47.3 Å². The van der Waals surface area contributed by atoms with Crippen LogP contribution in [-0.4, -0.2) is 28.8 Å². The minimum Gasteiger partial charge on any atom is -0.383 e. The van der Waals surface area contributed by atoms with Crippen LogP contribution in [0.25, 0.3) is 0 Å². The van der Waals surface area contributed by atoms with Crippen LogP contribution in [0.4, 0.5) is 11.6 Å². The van der Waals surface area contributed by atoms with Crippen LogP contribution in [0.15, 0.2) is 30.5 Å². The average molecular weight is 336 g/mol. The van der Waals surface area contributed by atoms with Crippen LogP contribution in [0, 0.1) is 0 Å². The van der Waals surface area contributed by atoms with Crippen LogP contribution in [0.2, 0.25) is 0 Å². The number of carbonyl (C=O) groups is 1. The van der Waals surface area contributed by atoms with Gasteiger partial charge < -0.3 is 10.6 Å². The van der Waals surface area contributed by atoms with Gasteiger partial charge in [-0.2, -0.15) is 0 Å². The van der Waals surface area contributed by atoms with Gasteiger partial charge >= 0.3 is 0 Å². The number of aromatic nitrogens is 2. The molecule has 0 spiro atoms. The maximum absolute atomic E-state index is 13.0. The second-order valence-corrected chi connectivity index (χ2v) is 7.09. The molecule has 5 heteroatoms. The monoisotopic (exact) mass is 336 g/mol. The summed E-state index contributed by atoms with van der Waals surface area (Å²) in [6.45, 7) is 2.01. The molecule has 2 aromatic rings. The van der Waals surface area contributed by atoms with Gasteiger partial charge in [-0.1, -0.05) is 18.9 Å². The second kappa shape index (κ2) is 6.82. The summed E-state index contributed by atoms with van der Waals surface area (Å²) in [5, 5.41) is 0. The van der Waals surface area contributed by atoms with Gasteiger partial charge in [0, 0.05) is 19.3 Å². The van der Waals surface area contributed by atoms with E-state index < -0.39 is 0 Å². The van der Waals surface area contributed by atoms with Gasteiger partial charge in [0.2, 0.25) is 5.78 Å². The Morgan fingerprint density at radius 1 is 1.12 bits per heavy atom. The zero-order valence-electron chi connectivity index (χ0n) is 14.4. The van der Waals surface area contributed by atoms with Crippen LogP contribution < -0.4 is 10.6 Å². The van der Waals surface area contributed by atoms with Crippen molar-refractivity contribution >= 4 is 17.4 Å². The number of carbonyl (C=O) groups excluding carboxylic acids is 1. The predicted molar refractivity (Wildman–Crippen MR) is 99.0 cm³/mol. The van der Waals surface area contributed by atoms with Crippen molar-refractivity contribution in [1.29, 1.82) is 0 Å². The molecule has 0 unspecified atom stereocenters. The Labute approximate surface area is 148 Å². The Morgan fingerprint density at radius 2 is 1.88 bits per heavy atom. The molecule has 2 aliphatic rings. The lowest BCUT2D eigenvalue weighted by Gasteiger charge is -2.21. The van der Waals surface area contributed by atoms with Gasteiger partial charge in [0.25, 0.3) is 0 Å². The average Bonchev–Trinajstić information content (AvgIpc) is 3.48. The molecule has 1 saturated heterocycles. The number of anilines is 2. The lowest BCUT2D eigenvalue weighted by Crippen LogP contribution is -2.25.